The van der Waals surface area contributed by atoms with Gasteiger partial charge < -0.3 is 4.74 Å². The summed E-state index contributed by atoms with van der Waals surface area (Å²) in [7, 11) is 0. The summed E-state index contributed by atoms with van der Waals surface area (Å²) in [6.07, 6.45) is 2.40. The van der Waals surface area contributed by atoms with Gasteiger partial charge in [-0.1, -0.05) is 47.6 Å². The van der Waals surface area contributed by atoms with Gasteiger partial charge in [-0.05, 0) is 52.8 Å². The van der Waals surface area contributed by atoms with Crippen LogP contribution in [0.25, 0.3) is 27.6 Å². The molecule has 2 aromatic rings. The second kappa shape index (κ2) is 6.38. The van der Waals surface area contributed by atoms with Gasteiger partial charge in [-0.3, -0.25) is 0 Å². The first-order chi connectivity index (χ1) is 11.2. The van der Waals surface area contributed by atoms with Crippen molar-refractivity contribution in [3.63, 3.8) is 0 Å². The van der Waals surface area contributed by atoms with E-state index in [4.69, 9.17) is 10.3 Å². The van der Waals surface area contributed by atoms with Crippen LogP contribution in [0.5, 0.6) is 0 Å². The summed E-state index contributed by atoms with van der Waals surface area (Å²) in [5, 5.41) is 3.48. The number of carbonyl (C=O) groups is 1. The summed E-state index contributed by atoms with van der Waals surface area (Å²) in [4.78, 5) is 14.6. The van der Waals surface area contributed by atoms with Crippen LogP contribution in [0.2, 0.25) is 0 Å². The Balaban J connectivity index is 2.07. The van der Waals surface area contributed by atoms with E-state index >= 15 is 0 Å². The Morgan fingerprint density at radius 3 is 2.83 bits per heavy atom. The highest BCUT2D eigenvalue weighted by molar-refractivity contribution is 5.94. The average molecular weight is 305 g/mol. The van der Waals surface area contributed by atoms with Crippen molar-refractivity contribution in [2.24, 2.45) is 5.11 Å². The van der Waals surface area contributed by atoms with E-state index in [1.54, 1.807) is 13.0 Å². The van der Waals surface area contributed by atoms with Crippen LogP contribution in [0.1, 0.15) is 23.6 Å². The minimum atomic E-state index is -0.613. The number of azide groups is 1. The van der Waals surface area contributed by atoms with Gasteiger partial charge in [0.25, 0.3) is 0 Å². The van der Waals surface area contributed by atoms with E-state index in [-0.39, 0.29) is 12.3 Å². The average Bonchev–Trinajstić information content (AvgIpc) is 2.94. The van der Waals surface area contributed by atoms with E-state index in [0.29, 0.717) is 0 Å². The lowest BCUT2D eigenvalue weighted by molar-refractivity contribution is -0.138. The van der Waals surface area contributed by atoms with Gasteiger partial charge in [0.1, 0.15) is 5.70 Å². The molecule has 0 bridgehead atoms. The van der Waals surface area contributed by atoms with Gasteiger partial charge in [0.15, 0.2) is 0 Å². The number of esters is 1. The van der Waals surface area contributed by atoms with Crippen LogP contribution < -0.4 is 0 Å². The lowest BCUT2D eigenvalue weighted by atomic mass is 10.0. The molecule has 0 N–H and O–H groups in total. The highest BCUT2D eigenvalue weighted by Crippen LogP contribution is 2.38. The topological polar surface area (TPSA) is 75.1 Å². The van der Waals surface area contributed by atoms with Crippen molar-refractivity contribution in [2.45, 2.75) is 13.3 Å². The lowest BCUT2D eigenvalue weighted by Gasteiger charge is -2.06. The van der Waals surface area contributed by atoms with E-state index in [0.717, 1.165) is 23.1 Å². The maximum atomic E-state index is 11.9. The lowest BCUT2D eigenvalue weighted by Crippen LogP contribution is -2.05. The van der Waals surface area contributed by atoms with Crippen molar-refractivity contribution in [3.05, 3.63) is 75.3 Å². The van der Waals surface area contributed by atoms with E-state index in [1.165, 1.54) is 11.1 Å². The zero-order valence-electron chi connectivity index (χ0n) is 12.7. The molecule has 0 atom stereocenters. The highest BCUT2D eigenvalue weighted by atomic mass is 16.5. The molecule has 1 aliphatic rings. The van der Waals surface area contributed by atoms with Gasteiger partial charge in [0.2, 0.25) is 0 Å². The Bertz CT molecular complexity index is 849. The summed E-state index contributed by atoms with van der Waals surface area (Å²) in [5.41, 5.74) is 14.3. The molecule has 0 saturated carbocycles. The summed E-state index contributed by atoms with van der Waals surface area (Å²) < 4.78 is 4.94. The van der Waals surface area contributed by atoms with E-state index in [9.17, 15) is 4.79 Å². The molecule has 2 aromatic carbocycles. The molecule has 0 unspecified atom stereocenters. The van der Waals surface area contributed by atoms with Gasteiger partial charge in [0, 0.05) is 4.91 Å². The summed E-state index contributed by atoms with van der Waals surface area (Å²) in [6.45, 7) is 1.94. The van der Waals surface area contributed by atoms with Crippen molar-refractivity contribution >= 4 is 12.0 Å². The fraction of sp³-hybridized carbons (Fsp3) is 0.167. The van der Waals surface area contributed by atoms with Crippen LogP contribution in [0.3, 0.4) is 0 Å². The Morgan fingerprint density at radius 1 is 1.26 bits per heavy atom. The van der Waals surface area contributed by atoms with Gasteiger partial charge in [-0.25, -0.2) is 4.79 Å². The van der Waals surface area contributed by atoms with Crippen LogP contribution in [0, 0.1) is 0 Å². The molecule has 5 nitrogen and oxygen atoms in total. The molecule has 0 aromatic heterocycles. The van der Waals surface area contributed by atoms with Gasteiger partial charge in [-0.15, -0.1) is 0 Å². The third kappa shape index (κ3) is 2.82. The molecule has 3 rings (SSSR count). The molecule has 114 valence electrons. The number of benzene rings is 2. The molecule has 0 heterocycles. The molecule has 5 heteroatoms. The zero-order valence-corrected chi connectivity index (χ0v) is 12.7. The first kappa shape index (κ1) is 14.9. The molecule has 0 spiro atoms. The largest absolute Gasteiger partial charge is 0.462 e. The molecular weight excluding hydrogens is 290 g/mol. The molecule has 1 aliphatic carbocycles. The Hall–Kier alpha value is -3.04. The van der Waals surface area contributed by atoms with Gasteiger partial charge in [0.05, 0.1) is 6.61 Å². The highest BCUT2D eigenvalue weighted by Gasteiger charge is 2.20. The van der Waals surface area contributed by atoms with Crippen LogP contribution >= 0.6 is 0 Å². The van der Waals surface area contributed by atoms with Crippen LogP contribution in [-0.4, -0.2) is 12.6 Å². The van der Waals surface area contributed by atoms with E-state index in [1.807, 2.05) is 24.3 Å². The Labute approximate surface area is 133 Å². The SMILES string of the molecule is CCOC(=O)/C(=C/c1cccc2c1Cc1ccccc1-2)N=[N+]=[N-]. The van der Waals surface area contributed by atoms with E-state index in [2.05, 4.69) is 28.2 Å². The van der Waals surface area contributed by atoms with Crippen LogP contribution in [0.4, 0.5) is 0 Å². The first-order valence-corrected chi connectivity index (χ1v) is 7.38. The maximum absolute atomic E-state index is 11.9. The third-order valence-corrected chi connectivity index (χ3v) is 3.82. The normalized spacial score (nSPS) is 12.1. The zero-order chi connectivity index (χ0) is 16.2. The molecular formula is C18H15N3O2. The Kier molecular flexibility index (Phi) is 4.13. The molecule has 0 aliphatic heterocycles. The molecule has 0 radical (unpaired) electrons. The standard InChI is InChI=1S/C18H15N3O2/c1-2-23-18(22)17(20-21-19)11-13-7-5-9-15-14-8-4-3-6-12(14)10-16(13)15/h3-9,11H,2,10H2,1H3/b17-11-. The number of carbonyl (C=O) groups excluding carboxylic acids is 1. The summed E-state index contributed by atoms with van der Waals surface area (Å²) >= 11 is 0. The summed E-state index contributed by atoms with van der Waals surface area (Å²) in [6, 6.07) is 14.1. The van der Waals surface area contributed by atoms with Gasteiger partial charge in [-0.2, -0.15) is 0 Å². The van der Waals surface area contributed by atoms with Gasteiger partial charge >= 0.3 is 5.97 Å². The van der Waals surface area contributed by atoms with Crippen LogP contribution in [0.15, 0.2) is 53.3 Å². The van der Waals surface area contributed by atoms with Crippen molar-refractivity contribution in [3.8, 4) is 11.1 Å². The van der Waals surface area contributed by atoms with Crippen LogP contribution in [-0.2, 0) is 16.0 Å². The second-order valence-corrected chi connectivity index (χ2v) is 5.15. The second-order valence-electron chi connectivity index (χ2n) is 5.15. The molecule has 0 amide bonds. The van der Waals surface area contributed by atoms with Crippen molar-refractivity contribution in [1.29, 1.82) is 0 Å². The smallest absolute Gasteiger partial charge is 0.340 e. The first-order valence-electron chi connectivity index (χ1n) is 7.38. The number of nitrogens with zero attached hydrogens (tertiary/aromatic N) is 3. The predicted octanol–water partition coefficient (Wildman–Crippen LogP) is 4.47. The monoisotopic (exact) mass is 305 g/mol. The number of hydrogen-bond donors (Lipinski definition) is 0. The molecule has 23 heavy (non-hydrogen) atoms. The number of ether oxygens (including phenoxy) is 1. The number of rotatable bonds is 4. The minimum Gasteiger partial charge on any atom is -0.462 e. The van der Waals surface area contributed by atoms with Crippen molar-refractivity contribution in [2.75, 3.05) is 6.61 Å². The van der Waals surface area contributed by atoms with Crippen molar-refractivity contribution < 1.29 is 9.53 Å². The summed E-state index contributed by atoms with van der Waals surface area (Å²) in [5.74, 6) is -0.613. The molecule has 0 saturated heterocycles. The number of hydrogen-bond acceptors (Lipinski definition) is 3. The maximum Gasteiger partial charge on any atom is 0.340 e. The predicted molar refractivity (Wildman–Crippen MR) is 88.4 cm³/mol. The fourth-order valence-electron chi connectivity index (χ4n) is 2.85. The Morgan fingerprint density at radius 2 is 2.04 bits per heavy atom. The fourth-order valence-corrected chi connectivity index (χ4v) is 2.85. The minimum absolute atomic E-state index is 0.0290. The van der Waals surface area contributed by atoms with Crippen molar-refractivity contribution in [1.82, 2.24) is 0 Å². The quantitative estimate of drug-likeness (QED) is 0.234. The number of fused-ring (bicyclic) bond motifs is 3. The molecule has 0 fully saturated rings. The van der Waals surface area contributed by atoms with E-state index < -0.39 is 5.97 Å². The third-order valence-electron chi connectivity index (χ3n) is 3.82.